The highest BCUT2D eigenvalue weighted by atomic mass is 35.5. The van der Waals surface area contributed by atoms with Gasteiger partial charge in [0.1, 0.15) is 30.2 Å². The van der Waals surface area contributed by atoms with Crippen LogP contribution in [0, 0.1) is 6.92 Å². The van der Waals surface area contributed by atoms with Crippen molar-refractivity contribution in [2.45, 2.75) is 20.0 Å². The van der Waals surface area contributed by atoms with E-state index in [1.807, 2.05) is 49.4 Å². The number of hydrogen-bond acceptors (Lipinski definition) is 5. The van der Waals surface area contributed by atoms with Crippen molar-refractivity contribution >= 4 is 29.3 Å². The van der Waals surface area contributed by atoms with Crippen LogP contribution >= 0.6 is 11.6 Å². The summed E-state index contributed by atoms with van der Waals surface area (Å²) in [6, 6.07) is 17.2. The molecule has 33 heavy (non-hydrogen) atoms. The van der Waals surface area contributed by atoms with Crippen LogP contribution in [-0.4, -0.2) is 37.1 Å². The molecule has 0 radical (unpaired) electrons. The van der Waals surface area contributed by atoms with Gasteiger partial charge in [0.2, 0.25) is 5.91 Å². The summed E-state index contributed by atoms with van der Waals surface area (Å²) < 4.78 is 9.14. The van der Waals surface area contributed by atoms with E-state index < -0.39 is 0 Å². The van der Waals surface area contributed by atoms with Crippen molar-refractivity contribution in [2.24, 2.45) is 0 Å². The molecule has 1 N–H and O–H groups in total. The van der Waals surface area contributed by atoms with Gasteiger partial charge >= 0.3 is 0 Å². The van der Waals surface area contributed by atoms with Gasteiger partial charge < -0.3 is 10.1 Å². The van der Waals surface area contributed by atoms with Crippen LogP contribution in [0.1, 0.15) is 16.8 Å². The Labute approximate surface area is 196 Å². The molecule has 0 aliphatic carbocycles. The molecule has 9 heteroatoms. The molecule has 4 rings (SSSR count). The van der Waals surface area contributed by atoms with E-state index in [0.29, 0.717) is 41.8 Å². The van der Waals surface area contributed by atoms with E-state index in [1.165, 1.54) is 12.4 Å². The minimum atomic E-state index is -0.277. The van der Waals surface area contributed by atoms with Crippen molar-refractivity contribution in [3.05, 3.63) is 95.3 Å². The number of anilines is 1. The fourth-order valence-corrected chi connectivity index (χ4v) is 3.53. The predicted molar refractivity (Wildman–Crippen MR) is 127 cm³/mol. The van der Waals surface area contributed by atoms with Crippen molar-refractivity contribution in [3.8, 4) is 5.75 Å². The maximum Gasteiger partial charge on any atom is 0.248 e. The lowest BCUT2D eigenvalue weighted by Crippen LogP contribution is -2.10. The minimum Gasteiger partial charge on any atom is -0.492 e. The Balaban J connectivity index is 1.35. The molecule has 168 valence electrons. The number of carbonyl (C=O) groups excluding carboxylic acids is 1. The van der Waals surface area contributed by atoms with E-state index in [-0.39, 0.29) is 5.91 Å². The van der Waals surface area contributed by atoms with Gasteiger partial charge in [0, 0.05) is 23.4 Å². The summed E-state index contributed by atoms with van der Waals surface area (Å²) >= 11 is 6.52. The van der Waals surface area contributed by atoms with Crippen LogP contribution in [-0.2, 0) is 17.9 Å². The lowest BCUT2D eigenvalue weighted by molar-refractivity contribution is -0.111. The molecule has 0 saturated carbocycles. The second kappa shape index (κ2) is 10.6. The molecule has 0 bridgehead atoms. The Kier molecular flexibility index (Phi) is 7.16. The number of rotatable bonds is 9. The summed E-state index contributed by atoms with van der Waals surface area (Å²) in [6.07, 6.45) is 6.24. The Bertz CT molecular complexity index is 1240. The molecule has 8 nitrogen and oxygen atoms in total. The third-order valence-electron chi connectivity index (χ3n) is 4.84. The molecular weight excluding hydrogens is 440 g/mol. The number of aryl methyl sites for hydroxylation is 1. The Morgan fingerprint density at radius 1 is 1.18 bits per heavy atom. The van der Waals surface area contributed by atoms with Gasteiger partial charge in [-0.05, 0) is 30.7 Å². The average molecular weight is 463 g/mol. The van der Waals surface area contributed by atoms with Gasteiger partial charge in [0.25, 0.3) is 0 Å². The molecule has 0 unspecified atom stereocenters. The summed E-state index contributed by atoms with van der Waals surface area (Å²) in [5, 5.41) is 11.9. The standard InChI is InChI=1S/C24H23ClN6O2/c1-18-22(24(25)31(29-18)15-19-6-3-2-4-7-19)10-11-23(32)28-20-8-5-9-21(14-20)33-13-12-30-17-26-16-27-30/h2-11,14,16-17H,12-13,15H2,1H3,(H,28,32)/b11-10+. The highest BCUT2D eigenvalue weighted by Gasteiger charge is 2.12. The highest BCUT2D eigenvalue weighted by Crippen LogP contribution is 2.23. The fourth-order valence-electron chi connectivity index (χ4n) is 3.23. The third kappa shape index (κ3) is 6.08. The summed E-state index contributed by atoms with van der Waals surface area (Å²) in [4.78, 5) is 16.4. The maximum absolute atomic E-state index is 12.5. The largest absolute Gasteiger partial charge is 0.492 e. The van der Waals surface area contributed by atoms with Crippen LogP contribution in [0.15, 0.2) is 73.3 Å². The van der Waals surface area contributed by atoms with Gasteiger partial charge in [0.15, 0.2) is 0 Å². The van der Waals surface area contributed by atoms with Crippen LogP contribution in [0.2, 0.25) is 5.15 Å². The number of amides is 1. The van der Waals surface area contributed by atoms with E-state index >= 15 is 0 Å². The fraction of sp³-hybridized carbons (Fsp3) is 0.167. The zero-order valence-electron chi connectivity index (χ0n) is 18.1. The molecule has 2 aromatic heterocycles. The molecule has 0 saturated heterocycles. The Morgan fingerprint density at radius 2 is 2.03 bits per heavy atom. The van der Waals surface area contributed by atoms with Crippen molar-refractivity contribution < 1.29 is 9.53 Å². The number of nitrogens with one attached hydrogen (secondary N) is 1. The first-order chi connectivity index (χ1) is 16.1. The second-order valence-electron chi connectivity index (χ2n) is 7.29. The summed E-state index contributed by atoms with van der Waals surface area (Å²) in [5.41, 5.74) is 3.19. The Morgan fingerprint density at radius 3 is 2.82 bits per heavy atom. The van der Waals surface area contributed by atoms with Crippen molar-refractivity contribution in [2.75, 3.05) is 11.9 Å². The average Bonchev–Trinajstić information content (AvgIpc) is 3.42. The van der Waals surface area contributed by atoms with Crippen molar-refractivity contribution in [1.82, 2.24) is 24.5 Å². The zero-order chi connectivity index (χ0) is 23.0. The summed E-state index contributed by atoms with van der Waals surface area (Å²) in [6.45, 7) is 3.44. The van der Waals surface area contributed by atoms with Gasteiger partial charge in [-0.1, -0.05) is 48.0 Å². The molecule has 2 heterocycles. The molecular formula is C24H23ClN6O2. The van der Waals surface area contributed by atoms with Crippen LogP contribution < -0.4 is 10.1 Å². The normalized spacial score (nSPS) is 11.1. The monoisotopic (exact) mass is 462 g/mol. The zero-order valence-corrected chi connectivity index (χ0v) is 18.8. The molecule has 4 aromatic rings. The quantitative estimate of drug-likeness (QED) is 0.376. The van der Waals surface area contributed by atoms with Crippen molar-refractivity contribution in [3.63, 3.8) is 0 Å². The third-order valence-corrected chi connectivity index (χ3v) is 5.24. The van der Waals surface area contributed by atoms with Crippen LogP contribution in [0.5, 0.6) is 5.75 Å². The topological polar surface area (TPSA) is 86.9 Å². The van der Waals surface area contributed by atoms with E-state index in [4.69, 9.17) is 16.3 Å². The first-order valence-electron chi connectivity index (χ1n) is 10.4. The molecule has 0 aliphatic heterocycles. The number of benzene rings is 2. The number of hydrogen-bond donors (Lipinski definition) is 1. The summed E-state index contributed by atoms with van der Waals surface area (Å²) in [5.74, 6) is 0.374. The second-order valence-corrected chi connectivity index (χ2v) is 7.65. The van der Waals surface area contributed by atoms with Crippen LogP contribution in [0.25, 0.3) is 6.08 Å². The molecule has 1 amide bonds. The molecule has 0 spiro atoms. The SMILES string of the molecule is Cc1nn(Cc2ccccc2)c(Cl)c1/C=C/C(=O)Nc1cccc(OCCn2cncn2)c1. The van der Waals surface area contributed by atoms with E-state index in [9.17, 15) is 4.79 Å². The molecule has 0 atom stereocenters. The van der Waals surface area contributed by atoms with Gasteiger partial charge in [-0.3, -0.25) is 4.79 Å². The van der Waals surface area contributed by atoms with E-state index in [0.717, 1.165) is 11.3 Å². The predicted octanol–water partition coefficient (Wildman–Crippen LogP) is 4.22. The minimum absolute atomic E-state index is 0.277. The molecule has 0 fully saturated rings. The first kappa shape index (κ1) is 22.3. The Hall–Kier alpha value is -3.91. The van der Waals surface area contributed by atoms with Gasteiger partial charge in [0.05, 0.1) is 18.8 Å². The van der Waals surface area contributed by atoms with Crippen LogP contribution in [0.4, 0.5) is 5.69 Å². The number of aromatic nitrogens is 5. The van der Waals surface area contributed by atoms with Gasteiger partial charge in [-0.15, -0.1) is 0 Å². The van der Waals surface area contributed by atoms with Crippen molar-refractivity contribution in [1.29, 1.82) is 0 Å². The lowest BCUT2D eigenvalue weighted by Gasteiger charge is -2.08. The molecule has 2 aromatic carbocycles. The number of halogens is 1. The van der Waals surface area contributed by atoms with E-state index in [2.05, 4.69) is 20.5 Å². The van der Waals surface area contributed by atoms with Gasteiger partial charge in [-0.2, -0.15) is 10.2 Å². The first-order valence-corrected chi connectivity index (χ1v) is 10.8. The lowest BCUT2D eigenvalue weighted by atomic mass is 10.2. The summed E-state index contributed by atoms with van der Waals surface area (Å²) in [7, 11) is 0. The maximum atomic E-state index is 12.5. The van der Waals surface area contributed by atoms with E-state index in [1.54, 1.807) is 33.9 Å². The number of ether oxygens (including phenoxy) is 1. The highest BCUT2D eigenvalue weighted by molar-refractivity contribution is 6.31. The molecule has 0 aliphatic rings. The number of nitrogens with zero attached hydrogens (tertiary/aromatic N) is 5. The van der Waals surface area contributed by atoms with Crippen LogP contribution in [0.3, 0.4) is 0 Å². The smallest absolute Gasteiger partial charge is 0.248 e. The van der Waals surface area contributed by atoms with Gasteiger partial charge in [-0.25, -0.2) is 14.3 Å². The number of carbonyl (C=O) groups is 1.